The normalized spacial score (nSPS) is 21.6. The van der Waals surface area contributed by atoms with Crippen molar-refractivity contribution in [1.29, 1.82) is 0 Å². The number of nitrogens with two attached hydrogens (primary N) is 1. The lowest BCUT2D eigenvalue weighted by Crippen LogP contribution is -2.55. The molecule has 1 heterocycles. The molecule has 7 heteroatoms. The molecule has 1 fully saturated rings. The average molecular weight is 227 g/mol. The largest absolute Gasteiger partial charge is 0.479 e. The molecule has 0 aliphatic carbocycles. The van der Waals surface area contributed by atoms with Crippen molar-refractivity contribution in [2.24, 2.45) is 5.73 Å². The third kappa shape index (κ3) is 2.82. The molecule has 2 unspecified atom stereocenters. The minimum absolute atomic E-state index is 0.0548. The summed E-state index contributed by atoms with van der Waals surface area (Å²) < 4.78 is 0. The summed E-state index contributed by atoms with van der Waals surface area (Å²) in [6.45, 7) is 4.82. The molecular formula is C9H18BN3O3. The third-order valence-electron chi connectivity index (χ3n) is 2.76. The first-order valence-corrected chi connectivity index (χ1v) is 5.32. The fourth-order valence-electron chi connectivity index (χ4n) is 1.97. The predicted octanol–water partition coefficient (Wildman–Crippen LogP) is -2.30. The van der Waals surface area contributed by atoms with Crippen molar-refractivity contribution in [1.82, 2.24) is 10.2 Å². The Morgan fingerprint density at radius 1 is 1.75 bits per heavy atom. The van der Waals surface area contributed by atoms with E-state index in [0.717, 1.165) is 13.0 Å². The average Bonchev–Trinajstić information content (AvgIpc) is 2.77. The van der Waals surface area contributed by atoms with Gasteiger partial charge >= 0.3 is 7.12 Å². The number of amides is 1. The van der Waals surface area contributed by atoms with Crippen LogP contribution in [0.4, 0.5) is 0 Å². The summed E-state index contributed by atoms with van der Waals surface area (Å²) >= 11 is 0. The highest BCUT2D eigenvalue weighted by atomic mass is 16.4. The Balaban J connectivity index is 2.83. The van der Waals surface area contributed by atoms with Crippen LogP contribution in [0.5, 0.6) is 0 Å². The third-order valence-corrected chi connectivity index (χ3v) is 2.76. The zero-order valence-electron chi connectivity index (χ0n) is 9.17. The number of carbonyl (C=O) groups excluding carboxylic acids is 1. The van der Waals surface area contributed by atoms with Crippen molar-refractivity contribution in [3.8, 4) is 0 Å². The zero-order chi connectivity index (χ0) is 12.1. The molecule has 0 aromatic heterocycles. The van der Waals surface area contributed by atoms with E-state index in [1.807, 2.05) is 0 Å². The van der Waals surface area contributed by atoms with Crippen LogP contribution in [0.2, 0.25) is 0 Å². The molecule has 0 radical (unpaired) electrons. The standard InChI is InChI=1S/C9H18BN3O3/c1-2-8(10(15)16)13(9(14)5-11)7-3-4-12-6-7/h2,7-8,12,15-16H,1,3-6,11H2. The molecule has 5 N–H and O–H groups in total. The van der Waals surface area contributed by atoms with Crippen molar-refractivity contribution >= 4 is 13.0 Å². The molecule has 1 aliphatic rings. The van der Waals surface area contributed by atoms with E-state index < -0.39 is 13.1 Å². The second-order valence-electron chi connectivity index (χ2n) is 3.79. The van der Waals surface area contributed by atoms with Crippen molar-refractivity contribution in [3.05, 3.63) is 12.7 Å². The first-order chi connectivity index (χ1) is 7.61. The lowest BCUT2D eigenvalue weighted by Gasteiger charge is -2.34. The van der Waals surface area contributed by atoms with Crippen LogP contribution in [0.3, 0.4) is 0 Å². The number of hydrogen-bond acceptors (Lipinski definition) is 5. The highest BCUT2D eigenvalue weighted by molar-refractivity contribution is 6.44. The van der Waals surface area contributed by atoms with Crippen LogP contribution in [0.25, 0.3) is 0 Å². The second-order valence-corrected chi connectivity index (χ2v) is 3.79. The van der Waals surface area contributed by atoms with E-state index in [2.05, 4.69) is 11.9 Å². The van der Waals surface area contributed by atoms with E-state index in [4.69, 9.17) is 5.73 Å². The summed E-state index contributed by atoms with van der Waals surface area (Å²) in [5.41, 5.74) is 5.32. The minimum Gasteiger partial charge on any atom is -0.426 e. The molecule has 0 aromatic rings. The highest BCUT2D eigenvalue weighted by Gasteiger charge is 2.36. The van der Waals surface area contributed by atoms with Gasteiger partial charge < -0.3 is 26.0 Å². The number of nitrogens with zero attached hydrogens (tertiary/aromatic N) is 1. The Kier molecular flexibility index (Phi) is 4.94. The molecule has 16 heavy (non-hydrogen) atoms. The monoisotopic (exact) mass is 227 g/mol. The van der Waals surface area contributed by atoms with E-state index >= 15 is 0 Å². The Labute approximate surface area is 95.3 Å². The maximum atomic E-state index is 11.7. The number of nitrogens with one attached hydrogen (secondary N) is 1. The van der Waals surface area contributed by atoms with Gasteiger partial charge in [0, 0.05) is 12.6 Å². The fourth-order valence-corrected chi connectivity index (χ4v) is 1.97. The predicted molar refractivity (Wildman–Crippen MR) is 61.4 cm³/mol. The number of carbonyl (C=O) groups is 1. The van der Waals surface area contributed by atoms with Crippen molar-refractivity contribution in [3.63, 3.8) is 0 Å². The number of rotatable bonds is 5. The van der Waals surface area contributed by atoms with Gasteiger partial charge in [0.15, 0.2) is 0 Å². The molecule has 90 valence electrons. The van der Waals surface area contributed by atoms with Gasteiger partial charge in [-0.15, -0.1) is 6.58 Å². The lowest BCUT2D eigenvalue weighted by atomic mass is 9.77. The molecule has 0 bridgehead atoms. The molecule has 0 aromatic carbocycles. The van der Waals surface area contributed by atoms with Gasteiger partial charge in [-0.3, -0.25) is 4.79 Å². The van der Waals surface area contributed by atoms with Crippen LogP contribution >= 0.6 is 0 Å². The first-order valence-electron chi connectivity index (χ1n) is 5.32. The molecule has 1 aliphatic heterocycles. The van der Waals surface area contributed by atoms with Gasteiger partial charge in [-0.1, -0.05) is 6.08 Å². The quantitative estimate of drug-likeness (QED) is 0.313. The fraction of sp³-hybridized carbons (Fsp3) is 0.667. The van der Waals surface area contributed by atoms with Gasteiger partial charge in [0.25, 0.3) is 0 Å². The van der Waals surface area contributed by atoms with Crippen LogP contribution < -0.4 is 11.1 Å². The van der Waals surface area contributed by atoms with E-state index in [9.17, 15) is 14.8 Å². The first kappa shape index (κ1) is 13.2. The maximum absolute atomic E-state index is 11.7. The maximum Gasteiger partial charge on any atom is 0.479 e. The Bertz CT molecular complexity index is 256. The molecule has 1 saturated heterocycles. The van der Waals surface area contributed by atoms with Crippen molar-refractivity contribution < 1.29 is 14.8 Å². The Hall–Kier alpha value is -0.885. The van der Waals surface area contributed by atoms with E-state index in [-0.39, 0.29) is 18.5 Å². The zero-order valence-corrected chi connectivity index (χ0v) is 9.17. The van der Waals surface area contributed by atoms with E-state index in [0.29, 0.717) is 6.54 Å². The SMILES string of the molecule is C=CC(B(O)O)N(C(=O)CN)C1CCNC1. The smallest absolute Gasteiger partial charge is 0.426 e. The summed E-state index contributed by atoms with van der Waals surface area (Å²) in [6.07, 6.45) is 2.14. The molecular weight excluding hydrogens is 209 g/mol. The Morgan fingerprint density at radius 3 is 2.81 bits per heavy atom. The van der Waals surface area contributed by atoms with Crippen LogP contribution in [-0.4, -0.2) is 59.6 Å². The molecule has 6 nitrogen and oxygen atoms in total. The van der Waals surface area contributed by atoms with Gasteiger partial charge in [-0.25, -0.2) is 0 Å². The van der Waals surface area contributed by atoms with E-state index in [1.54, 1.807) is 0 Å². The Morgan fingerprint density at radius 2 is 2.44 bits per heavy atom. The van der Waals surface area contributed by atoms with Gasteiger partial charge in [-0.2, -0.15) is 0 Å². The van der Waals surface area contributed by atoms with Crippen LogP contribution in [0, 0.1) is 0 Å². The van der Waals surface area contributed by atoms with Gasteiger partial charge in [0.05, 0.1) is 12.5 Å². The van der Waals surface area contributed by atoms with Gasteiger partial charge in [0.2, 0.25) is 5.91 Å². The van der Waals surface area contributed by atoms with E-state index in [1.165, 1.54) is 11.0 Å². The van der Waals surface area contributed by atoms with Crippen molar-refractivity contribution in [2.75, 3.05) is 19.6 Å². The summed E-state index contributed by atoms with van der Waals surface area (Å²) in [4.78, 5) is 13.1. The van der Waals surface area contributed by atoms with Gasteiger partial charge in [0.1, 0.15) is 0 Å². The minimum atomic E-state index is -1.63. The van der Waals surface area contributed by atoms with Crippen LogP contribution in [0.1, 0.15) is 6.42 Å². The molecule has 2 atom stereocenters. The summed E-state index contributed by atoms with van der Waals surface area (Å²) in [7, 11) is -1.63. The topological polar surface area (TPSA) is 98.8 Å². The van der Waals surface area contributed by atoms with Crippen LogP contribution in [0.15, 0.2) is 12.7 Å². The molecule has 1 rings (SSSR count). The second kappa shape index (κ2) is 6.00. The number of hydrogen-bond donors (Lipinski definition) is 4. The lowest BCUT2D eigenvalue weighted by molar-refractivity contribution is -0.132. The molecule has 0 saturated carbocycles. The van der Waals surface area contributed by atoms with Crippen LogP contribution in [-0.2, 0) is 4.79 Å². The van der Waals surface area contributed by atoms with Crippen molar-refractivity contribution in [2.45, 2.75) is 18.4 Å². The summed E-state index contributed by atoms with van der Waals surface area (Å²) in [5.74, 6) is -1.10. The summed E-state index contributed by atoms with van der Waals surface area (Å²) in [5, 5.41) is 21.6. The molecule has 0 spiro atoms. The molecule has 1 amide bonds. The highest BCUT2D eigenvalue weighted by Crippen LogP contribution is 2.14. The van der Waals surface area contributed by atoms with Gasteiger partial charge in [-0.05, 0) is 13.0 Å². The summed E-state index contributed by atoms with van der Waals surface area (Å²) in [6, 6.07) is -0.0548.